The fraction of sp³-hybridized carbons (Fsp3) is 0.292. The number of carbonyl (C=O) groups is 3. The van der Waals surface area contributed by atoms with Gasteiger partial charge >= 0.3 is 6.03 Å². The number of carbonyl (C=O) groups excluding carboxylic acids is 3. The third-order valence-electron chi connectivity index (χ3n) is 5.62. The summed E-state index contributed by atoms with van der Waals surface area (Å²) in [6.45, 7) is 0.0897. The molecule has 6 nitrogen and oxygen atoms in total. The Morgan fingerprint density at radius 2 is 1.71 bits per heavy atom. The zero-order valence-corrected chi connectivity index (χ0v) is 17.0. The Morgan fingerprint density at radius 1 is 1.00 bits per heavy atom. The predicted octanol–water partition coefficient (Wildman–Crippen LogP) is 4.20. The molecule has 2 aliphatic rings. The van der Waals surface area contributed by atoms with Crippen LogP contribution in [0.2, 0.25) is 0 Å². The average Bonchev–Trinajstić information content (AvgIpc) is 2.77. The highest BCUT2D eigenvalue weighted by Gasteiger charge is 2.40. The number of ether oxygens (including phenoxy) is 1. The van der Waals surface area contributed by atoms with Crippen LogP contribution in [-0.4, -0.2) is 28.8 Å². The van der Waals surface area contributed by atoms with Gasteiger partial charge < -0.3 is 4.74 Å². The molecule has 2 aromatic rings. The molecule has 0 atom stereocenters. The molecule has 160 valence electrons. The second-order valence-electron chi connectivity index (χ2n) is 7.73. The van der Waals surface area contributed by atoms with Crippen LogP contribution in [0.25, 0.3) is 6.08 Å². The van der Waals surface area contributed by atoms with E-state index in [1.165, 1.54) is 17.0 Å². The van der Waals surface area contributed by atoms with Crippen molar-refractivity contribution in [2.24, 2.45) is 0 Å². The summed E-state index contributed by atoms with van der Waals surface area (Å²) in [5, 5.41) is 2.28. The largest absolute Gasteiger partial charge is 0.489 e. The first kappa shape index (κ1) is 20.8. The lowest BCUT2D eigenvalue weighted by Crippen LogP contribution is -2.58. The molecule has 1 N–H and O–H groups in total. The number of urea groups is 1. The van der Waals surface area contributed by atoms with Crippen molar-refractivity contribution >= 4 is 23.9 Å². The van der Waals surface area contributed by atoms with Crippen molar-refractivity contribution in [3.05, 3.63) is 71.0 Å². The fourth-order valence-corrected chi connectivity index (χ4v) is 3.95. The van der Waals surface area contributed by atoms with Crippen LogP contribution in [0, 0.1) is 5.82 Å². The van der Waals surface area contributed by atoms with Gasteiger partial charge in [0.05, 0.1) is 0 Å². The molecule has 4 rings (SSSR count). The molecule has 1 aliphatic carbocycles. The van der Waals surface area contributed by atoms with Crippen LogP contribution >= 0.6 is 0 Å². The Labute approximate surface area is 179 Å². The first-order valence-electron chi connectivity index (χ1n) is 10.4. The molecule has 1 saturated heterocycles. The second-order valence-corrected chi connectivity index (χ2v) is 7.73. The van der Waals surface area contributed by atoms with Crippen LogP contribution < -0.4 is 10.1 Å². The molecule has 31 heavy (non-hydrogen) atoms. The Kier molecular flexibility index (Phi) is 6.11. The fourth-order valence-electron chi connectivity index (χ4n) is 3.95. The molecule has 0 unspecified atom stereocenters. The third-order valence-corrected chi connectivity index (χ3v) is 5.62. The van der Waals surface area contributed by atoms with Crippen molar-refractivity contribution in [1.82, 2.24) is 10.2 Å². The van der Waals surface area contributed by atoms with Crippen LogP contribution in [0.5, 0.6) is 5.75 Å². The van der Waals surface area contributed by atoms with Crippen LogP contribution in [0.3, 0.4) is 0 Å². The third kappa shape index (κ3) is 4.66. The normalized spacial score (nSPS) is 18.9. The number of hydrogen-bond acceptors (Lipinski definition) is 4. The van der Waals surface area contributed by atoms with Crippen molar-refractivity contribution < 1.29 is 23.5 Å². The van der Waals surface area contributed by atoms with Crippen LogP contribution in [0.4, 0.5) is 9.18 Å². The van der Waals surface area contributed by atoms with Crippen molar-refractivity contribution in [1.29, 1.82) is 0 Å². The molecule has 2 aromatic carbocycles. The SMILES string of the molecule is O=C1NC(=O)N(C2CCCCC2)C(=O)C1=Cc1ccc(OCc2ccccc2F)cc1. The van der Waals surface area contributed by atoms with E-state index in [-0.39, 0.29) is 24.0 Å². The monoisotopic (exact) mass is 422 g/mol. The Hall–Kier alpha value is -3.48. The lowest BCUT2D eigenvalue weighted by Gasteiger charge is -2.35. The van der Waals surface area contributed by atoms with Gasteiger partial charge in [0, 0.05) is 11.6 Å². The van der Waals surface area contributed by atoms with Gasteiger partial charge in [-0.2, -0.15) is 0 Å². The first-order chi connectivity index (χ1) is 15.0. The molecular formula is C24H23FN2O4. The minimum absolute atomic E-state index is 0.0646. The summed E-state index contributed by atoms with van der Waals surface area (Å²) in [5.74, 6) is -1.05. The quantitative estimate of drug-likeness (QED) is 0.579. The molecule has 0 spiro atoms. The summed E-state index contributed by atoms with van der Waals surface area (Å²) >= 11 is 0. The summed E-state index contributed by atoms with van der Waals surface area (Å²) in [6, 6.07) is 12.3. The topological polar surface area (TPSA) is 75.7 Å². The number of nitrogens with zero attached hydrogens (tertiary/aromatic N) is 1. The van der Waals surface area contributed by atoms with E-state index in [2.05, 4.69) is 5.32 Å². The van der Waals surface area contributed by atoms with Gasteiger partial charge in [-0.15, -0.1) is 0 Å². The number of nitrogens with one attached hydrogen (secondary N) is 1. The summed E-state index contributed by atoms with van der Waals surface area (Å²) in [4.78, 5) is 38.7. The van der Waals surface area contributed by atoms with Crippen molar-refractivity contribution in [2.45, 2.75) is 44.8 Å². The zero-order valence-electron chi connectivity index (χ0n) is 17.0. The lowest BCUT2D eigenvalue weighted by atomic mass is 9.93. The lowest BCUT2D eigenvalue weighted by molar-refractivity contribution is -0.132. The molecule has 0 radical (unpaired) electrons. The molecule has 0 aromatic heterocycles. The Bertz CT molecular complexity index is 1030. The highest BCUT2D eigenvalue weighted by molar-refractivity contribution is 6.31. The van der Waals surface area contributed by atoms with Gasteiger partial charge in [0.25, 0.3) is 11.8 Å². The van der Waals surface area contributed by atoms with Gasteiger partial charge in [-0.1, -0.05) is 49.6 Å². The molecule has 1 aliphatic heterocycles. The van der Waals surface area contributed by atoms with Gasteiger partial charge in [0.15, 0.2) is 0 Å². The maximum atomic E-state index is 13.7. The number of hydrogen-bond donors (Lipinski definition) is 1. The van der Waals surface area contributed by atoms with Gasteiger partial charge in [-0.05, 0) is 42.7 Å². The highest BCUT2D eigenvalue weighted by Crippen LogP contribution is 2.26. The van der Waals surface area contributed by atoms with E-state index in [4.69, 9.17) is 4.74 Å². The molecular weight excluding hydrogens is 399 g/mol. The van der Waals surface area contributed by atoms with Crippen LogP contribution in [0.1, 0.15) is 43.2 Å². The molecule has 1 saturated carbocycles. The van der Waals surface area contributed by atoms with E-state index in [9.17, 15) is 18.8 Å². The van der Waals surface area contributed by atoms with Gasteiger partial charge in [-0.3, -0.25) is 19.8 Å². The Balaban J connectivity index is 1.47. The number of rotatable bonds is 5. The van der Waals surface area contributed by atoms with Crippen LogP contribution in [0.15, 0.2) is 54.1 Å². The zero-order chi connectivity index (χ0) is 21.8. The van der Waals surface area contributed by atoms with Crippen molar-refractivity contribution in [3.63, 3.8) is 0 Å². The van der Waals surface area contributed by atoms with E-state index in [1.807, 2.05) is 0 Å². The number of barbiturate groups is 1. The smallest absolute Gasteiger partial charge is 0.331 e. The molecule has 7 heteroatoms. The number of benzene rings is 2. The summed E-state index contributed by atoms with van der Waals surface area (Å²) in [7, 11) is 0. The Morgan fingerprint density at radius 3 is 2.42 bits per heavy atom. The highest BCUT2D eigenvalue weighted by atomic mass is 19.1. The molecule has 2 fully saturated rings. The van der Waals surface area contributed by atoms with E-state index < -0.39 is 17.8 Å². The molecule has 4 amide bonds. The average molecular weight is 422 g/mol. The first-order valence-corrected chi connectivity index (χ1v) is 10.4. The number of amides is 4. The van der Waals surface area contributed by atoms with E-state index in [0.29, 0.717) is 16.9 Å². The molecule has 0 bridgehead atoms. The van der Waals surface area contributed by atoms with Crippen LogP contribution in [-0.2, 0) is 16.2 Å². The number of imide groups is 2. The van der Waals surface area contributed by atoms with Crippen molar-refractivity contribution in [3.8, 4) is 5.75 Å². The summed E-state index contributed by atoms with van der Waals surface area (Å²) < 4.78 is 19.3. The van der Waals surface area contributed by atoms with Gasteiger partial charge in [0.2, 0.25) is 0 Å². The van der Waals surface area contributed by atoms with Crippen molar-refractivity contribution in [2.75, 3.05) is 0 Å². The standard InChI is InChI=1S/C24H23FN2O4/c25-21-9-5-4-6-17(21)15-31-19-12-10-16(11-13-19)14-20-22(28)26-24(30)27(23(20)29)18-7-2-1-3-8-18/h4-6,9-14,18H,1-3,7-8,15H2,(H,26,28,30). The van der Waals surface area contributed by atoms with E-state index >= 15 is 0 Å². The summed E-state index contributed by atoms with van der Waals surface area (Å²) in [5.41, 5.74) is 1.01. The van der Waals surface area contributed by atoms with Gasteiger partial charge in [0.1, 0.15) is 23.7 Å². The van der Waals surface area contributed by atoms with Gasteiger partial charge in [-0.25, -0.2) is 9.18 Å². The van der Waals surface area contributed by atoms with E-state index in [0.717, 1.165) is 32.1 Å². The minimum atomic E-state index is -0.693. The second kappa shape index (κ2) is 9.12. The number of halogens is 1. The minimum Gasteiger partial charge on any atom is -0.489 e. The van der Waals surface area contributed by atoms with E-state index in [1.54, 1.807) is 42.5 Å². The maximum Gasteiger partial charge on any atom is 0.331 e. The summed E-state index contributed by atoms with van der Waals surface area (Å²) in [6.07, 6.45) is 6.00. The maximum absolute atomic E-state index is 13.7. The predicted molar refractivity (Wildman–Crippen MR) is 112 cm³/mol. The molecule has 1 heterocycles.